The Hall–Kier alpha value is -2.49. The second-order valence-corrected chi connectivity index (χ2v) is 3.59. The SMILES string of the molecule is N#Cc1ccc(F)c(-c2cnc(C(F)(F)F)cn2)c1. The predicted octanol–water partition coefficient (Wildman–Crippen LogP) is 3.17. The van der Waals surface area contributed by atoms with Gasteiger partial charge in [0.25, 0.3) is 0 Å². The second kappa shape index (κ2) is 4.65. The molecular formula is C12H5F4N3. The predicted molar refractivity (Wildman–Crippen MR) is 57.1 cm³/mol. The van der Waals surface area contributed by atoms with E-state index in [2.05, 4.69) is 9.97 Å². The summed E-state index contributed by atoms with van der Waals surface area (Å²) in [4.78, 5) is 6.71. The highest BCUT2D eigenvalue weighted by Gasteiger charge is 2.32. The Morgan fingerprint density at radius 2 is 1.84 bits per heavy atom. The molecule has 0 saturated carbocycles. The molecule has 96 valence electrons. The van der Waals surface area contributed by atoms with E-state index in [-0.39, 0.29) is 16.8 Å². The van der Waals surface area contributed by atoms with Crippen LogP contribution in [0.25, 0.3) is 11.3 Å². The van der Waals surface area contributed by atoms with Crippen LogP contribution in [0.15, 0.2) is 30.6 Å². The highest BCUT2D eigenvalue weighted by atomic mass is 19.4. The van der Waals surface area contributed by atoms with E-state index in [4.69, 9.17) is 5.26 Å². The van der Waals surface area contributed by atoms with Crippen molar-refractivity contribution in [1.29, 1.82) is 5.26 Å². The largest absolute Gasteiger partial charge is 0.434 e. The van der Waals surface area contributed by atoms with E-state index < -0.39 is 17.7 Å². The third-order valence-corrected chi connectivity index (χ3v) is 2.31. The molecule has 19 heavy (non-hydrogen) atoms. The minimum atomic E-state index is -4.60. The lowest BCUT2D eigenvalue weighted by molar-refractivity contribution is -0.141. The first-order chi connectivity index (χ1) is 8.91. The van der Waals surface area contributed by atoms with Gasteiger partial charge in [0.15, 0.2) is 5.69 Å². The van der Waals surface area contributed by atoms with E-state index in [1.54, 1.807) is 6.07 Å². The molecule has 2 rings (SSSR count). The Morgan fingerprint density at radius 3 is 2.37 bits per heavy atom. The molecular weight excluding hydrogens is 262 g/mol. The normalized spacial score (nSPS) is 11.1. The topological polar surface area (TPSA) is 49.6 Å². The number of hydrogen-bond donors (Lipinski definition) is 0. The van der Waals surface area contributed by atoms with E-state index in [0.717, 1.165) is 12.3 Å². The average Bonchev–Trinajstić information content (AvgIpc) is 2.38. The Bertz CT molecular complexity index is 642. The summed E-state index contributed by atoms with van der Waals surface area (Å²) in [6, 6.07) is 5.32. The minimum Gasteiger partial charge on any atom is -0.252 e. The van der Waals surface area contributed by atoms with Crippen molar-refractivity contribution in [2.75, 3.05) is 0 Å². The molecule has 0 N–H and O–H groups in total. The molecule has 0 atom stereocenters. The Labute approximate surface area is 105 Å². The van der Waals surface area contributed by atoms with Gasteiger partial charge >= 0.3 is 6.18 Å². The molecule has 0 aliphatic heterocycles. The lowest BCUT2D eigenvalue weighted by Gasteiger charge is -2.06. The fraction of sp³-hybridized carbons (Fsp3) is 0.0833. The van der Waals surface area contributed by atoms with Crippen molar-refractivity contribution >= 4 is 0 Å². The van der Waals surface area contributed by atoms with Gasteiger partial charge in [-0.2, -0.15) is 18.4 Å². The molecule has 1 aromatic heterocycles. The maximum atomic E-state index is 13.5. The monoisotopic (exact) mass is 267 g/mol. The number of benzene rings is 1. The van der Waals surface area contributed by atoms with Crippen molar-refractivity contribution < 1.29 is 17.6 Å². The summed E-state index contributed by atoms with van der Waals surface area (Å²) in [7, 11) is 0. The summed E-state index contributed by atoms with van der Waals surface area (Å²) < 4.78 is 50.4. The molecule has 2 aromatic rings. The van der Waals surface area contributed by atoms with Crippen LogP contribution in [0.3, 0.4) is 0 Å². The zero-order chi connectivity index (χ0) is 14.0. The Morgan fingerprint density at radius 1 is 1.11 bits per heavy atom. The fourth-order valence-electron chi connectivity index (χ4n) is 1.40. The molecule has 0 radical (unpaired) electrons. The van der Waals surface area contributed by atoms with Crippen LogP contribution in [-0.4, -0.2) is 9.97 Å². The lowest BCUT2D eigenvalue weighted by Crippen LogP contribution is -2.08. The van der Waals surface area contributed by atoms with Crippen LogP contribution in [0.5, 0.6) is 0 Å². The fourth-order valence-corrected chi connectivity index (χ4v) is 1.40. The van der Waals surface area contributed by atoms with E-state index in [1.165, 1.54) is 12.1 Å². The second-order valence-electron chi connectivity index (χ2n) is 3.59. The first-order valence-corrected chi connectivity index (χ1v) is 5.01. The molecule has 1 aromatic carbocycles. The smallest absolute Gasteiger partial charge is 0.252 e. The standard InChI is InChI=1S/C12H5F4N3/c13-9-2-1-7(4-17)3-8(9)10-5-19-11(6-18-10)12(14,15)16/h1-3,5-6H. The molecule has 0 saturated heterocycles. The number of aromatic nitrogens is 2. The lowest BCUT2D eigenvalue weighted by atomic mass is 10.1. The highest BCUT2D eigenvalue weighted by Crippen LogP contribution is 2.28. The van der Waals surface area contributed by atoms with Gasteiger partial charge in [0.05, 0.1) is 29.7 Å². The van der Waals surface area contributed by atoms with Crippen molar-refractivity contribution in [1.82, 2.24) is 9.97 Å². The maximum absolute atomic E-state index is 13.5. The first kappa shape index (κ1) is 13.0. The molecule has 3 nitrogen and oxygen atoms in total. The molecule has 0 fully saturated rings. The van der Waals surface area contributed by atoms with Crippen molar-refractivity contribution in [2.24, 2.45) is 0 Å². The highest BCUT2D eigenvalue weighted by molar-refractivity contribution is 5.61. The summed E-state index contributed by atoms with van der Waals surface area (Å²) in [5.74, 6) is -0.687. The molecule has 0 aliphatic carbocycles. The number of halogens is 4. The average molecular weight is 267 g/mol. The molecule has 0 unspecified atom stereocenters. The summed E-state index contributed by atoms with van der Waals surface area (Å²) in [5, 5.41) is 8.69. The van der Waals surface area contributed by atoms with Gasteiger partial charge in [0, 0.05) is 5.56 Å². The summed E-state index contributed by atoms with van der Waals surface area (Å²) in [6.45, 7) is 0. The molecule has 0 aliphatic rings. The Balaban J connectivity index is 2.46. The van der Waals surface area contributed by atoms with Crippen molar-refractivity contribution in [3.05, 3.63) is 47.7 Å². The van der Waals surface area contributed by atoms with Gasteiger partial charge in [0.1, 0.15) is 5.82 Å². The minimum absolute atomic E-state index is 0.0670. The van der Waals surface area contributed by atoms with Crippen LogP contribution in [0, 0.1) is 17.1 Å². The van der Waals surface area contributed by atoms with E-state index >= 15 is 0 Å². The number of alkyl halides is 3. The molecule has 0 bridgehead atoms. The van der Waals surface area contributed by atoms with Crippen molar-refractivity contribution in [2.45, 2.75) is 6.18 Å². The van der Waals surface area contributed by atoms with Gasteiger partial charge in [-0.05, 0) is 18.2 Å². The van der Waals surface area contributed by atoms with Crippen molar-refractivity contribution in [3.8, 4) is 17.3 Å². The zero-order valence-corrected chi connectivity index (χ0v) is 9.24. The zero-order valence-electron chi connectivity index (χ0n) is 9.24. The van der Waals surface area contributed by atoms with Gasteiger partial charge in [-0.15, -0.1) is 0 Å². The van der Waals surface area contributed by atoms with Crippen molar-refractivity contribution in [3.63, 3.8) is 0 Å². The number of rotatable bonds is 1. The van der Waals surface area contributed by atoms with Crippen LogP contribution >= 0.6 is 0 Å². The van der Waals surface area contributed by atoms with Gasteiger partial charge in [-0.1, -0.05) is 0 Å². The van der Waals surface area contributed by atoms with Gasteiger partial charge in [-0.3, -0.25) is 4.98 Å². The molecule has 7 heteroatoms. The van der Waals surface area contributed by atoms with Crippen LogP contribution < -0.4 is 0 Å². The quantitative estimate of drug-likeness (QED) is 0.745. The van der Waals surface area contributed by atoms with E-state index in [0.29, 0.717) is 6.20 Å². The van der Waals surface area contributed by atoms with E-state index in [1.807, 2.05) is 0 Å². The van der Waals surface area contributed by atoms with E-state index in [9.17, 15) is 17.6 Å². The number of hydrogen-bond acceptors (Lipinski definition) is 3. The van der Waals surface area contributed by atoms with Crippen LogP contribution in [0.2, 0.25) is 0 Å². The third-order valence-electron chi connectivity index (χ3n) is 2.31. The maximum Gasteiger partial charge on any atom is 0.434 e. The number of nitrogens with zero attached hydrogens (tertiary/aromatic N) is 3. The van der Waals surface area contributed by atoms with Gasteiger partial charge < -0.3 is 0 Å². The van der Waals surface area contributed by atoms with Crippen LogP contribution in [0.4, 0.5) is 17.6 Å². The molecule has 1 heterocycles. The summed E-state index contributed by atoms with van der Waals surface area (Å²) in [5.41, 5.74) is -1.12. The van der Waals surface area contributed by atoms with Gasteiger partial charge in [-0.25, -0.2) is 9.37 Å². The van der Waals surface area contributed by atoms with Crippen LogP contribution in [-0.2, 0) is 6.18 Å². The summed E-state index contributed by atoms with van der Waals surface area (Å²) >= 11 is 0. The first-order valence-electron chi connectivity index (χ1n) is 5.01. The number of nitriles is 1. The van der Waals surface area contributed by atoms with Gasteiger partial charge in [0.2, 0.25) is 0 Å². The molecule has 0 amide bonds. The Kier molecular flexibility index (Phi) is 3.17. The third kappa shape index (κ3) is 2.68. The summed E-state index contributed by atoms with van der Waals surface area (Å²) in [6.07, 6.45) is -3.26. The molecule has 0 spiro atoms. The van der Waals surface area contributed by atoms with Crippen LogP contribution in [0.1, 0.15) is 11.3 Å².